The van der Waals surface area contributed by atoms with E-state index in [1.807, 2.05) is 0 Å². The van der Waals surface area contributed by atoms with E-state index >= 15 is 0 Å². The van der Waals surface area contributed by atoms with E-state index in [1.54, 1.807) is 6.07 Å². The maximum atomic E-state index is 13.0. The number of hydrogen-bond donors (Lipinski definition) is 1. The first kappa shape index (κ1) is 11.3. The molecule has 0 bridgehead atoms. The lowest BCUT2D eigenvalue weighted by Gasteiger charge is -2.20. The van der Waals surface area contributed by atoms with Crippen molar-refractivity contribution in [1.82, 2.24) is 5.32 Å². The summed E-state index contributed by atoms with van der Waals surface area (Å²) in [5, 5.41) is 4.14. The van der Waals surface area contributed by atoms with Crippen LogP contribution in [-0.2, 0) is 0 Å². The van der Waals surface area contributed by atoms with Crippen molar-refractivity contribution in [3.8, 4) is 0 Å². The molecule has 1 aliphatic heterocycles. The highest BCUT2D eigenvalue weighted by atomic mass is 35.5. The molecule has 92 valence electrons. The van der Waals surface area contributed by atoms with Gasteiger partial charge in [-0.05, 0) is 37.5 Å². The molecule has 0 radical (unpaired) electrons. The highest BCUT2D eigenvalue weighted by Crippen LogP contribution is 2.30. The Kier molecular flexibility index (Phi) is 2.97. The first-order valence-corrected chi connectivity index (χ1v) is 6.56. The Morgan fingerprint density at radius 2 is 2.06 bits per heavy atom. The van der Waals surface area contributed by atoms with Gasteiger partial charge in [0.05, 0.1) is 10.7 Å². The third-order valence-electron chi connectivity index (χ3n) is 3.49. The average molecular weight is 255 g/mol. The third kappa shape index (κ3) is 2.55. The third-order valence-corrected chi connectivity index (χ3v) is 3.79. The van der Waals surface area contributed by atoms with Gasteiger partial charge in [-0.25, -0.2) is 4.39 Å². The lowest BCUT2D eigenvalue weighted by molar-refractivity contribution is 0.548. The van der Waals surface area contributed by atoms with Gasteiger partial charge in [0.15, 0.2) is 0 Å². The Labute approximate surface area is 106 Å². The van der Waals surface area contributed by atoms with Gasteiger partial charge in [0.25, 0.3) is 0 Å². The molecule has 1 atom stereocenters. The molecule has 1 saturated heterocycles. The van der Waals surface area contributed by atoms with Gasteiger partial charge in [-0.2, -0.15) is 0 Å². The number of rotatable bonds is 3. The molecule has 0 spiro atoms. The molecule has 1 unspecified atom stereocenters. The van der Waals surface area contributed by atoms with Crippen molar-refractivity contribution in [2.45, 2.75) is 31.3 Å². The van der Waals surface area contributed by atoms with Gasteiger partial charge in [0, 0.05) is 25.2 Å². The zero-order valence-corrected chi connectivity index (χ0v) is 10.4. The molecular formula is C13H16ClFN2. The average Bonchev–Trinajstić information content (AvgIpc) is 2.96. The van der Waals surface area contributed by atoms with Crippen molar-refractivity contribution in [3.05, 3.63) is 29.0 Å². The Hall–Kier alpha value is -0.800. The number of halogens is 2. The van der Waals surface area contributed by atoms with E-state index in [9.17, 15) is 4.39 Å². The molecule has 1 heterocycles. The number of nitrogens with one attached hydrogen (secondary N) is 1. The molecule has 4 heteroatoms. The zero-order valence-electron chi connectivity index (χ0n) is 9.63. The van der Waals surface area contributed by atoms with Crippen LogP contribution in [0.25, 0.3) is 0 Å². The standard InChI is InChI=1S/C13H16ClFN2/c14-12-7-9(15)1-4-13(12)17-6-5-11(8-17)16-10-2-3-10/h1,4,7,10-11,16H,2-3,5-6,8H2. The van der Waals surface area contributed by atoms with Crippen LogP contribution < -0.4 is 10.2 Å². The van der Waals surface area contributed by atoms with Crippen LogP contribution in [-0.4, -0.2) is 25.2 Å². The van der Waals surface area contributed by atoms with Gasteiger partial charge in [-0.15, -0.1) is 0 Å². The maximum Gasteiger partial charge on any atom is 0.124 e. The van der Waals surface area contributed by atoms with E-state index in [2.05, 4.69) is 10.2 Å². The molecular weight excluding hydrogens is 239 g/mol. The van der Waals surface area contributed by atoms with Crippen LogP contribution in [0.1, 0.15) is 19.3 Å². The molecule has 1 saturated carbocycles. The summed E-state index contributed by atoms with van der Waals surface area (Å²) >= 11 is 6.07. The minimum atomic E-state index is -0.273. The minimum Gasteiger partial charge on any atom is -0.369 e. The molecule has 2 fully saturated rings. The van der Waals surface area contributed by atoms with Gasteiger partial charge in [0.1, 0.15) is 5.82 Å². The molecule has 3 rings (SSSR count). The molecule has 1 aliphatic carbocycles. The molecule has 0 aromatic heterocycles. The number of anilines is 1. The van der Waals surface area contributed by atoms with E-state index in [1.165, 1.54) is 25.0 Å². The van der Waals surface area contributed by atoms with Gasteiger partial charge in [0.2, 0.25) is 0 Å². The van der Waals surface area contributed by atoms with Crippen LogP contribution in [0.2, 0.25) is 5.02 Å². The van der Waals surface area contributed by atoms with E-state index in [4.69, 9.17) is 11.6 Å². The van der Waals surface area contributed by atoms with Crippen LogP contribution >= 0.6 is 11.6 Å². The largest absolute Gasteiger partial charge is 0.369 e. The SMILES string of the molecule is Fc1ccc(N2CCC(NC3CC3)C2)c(Cl)c1. The van der Waals surface area contributed by atoms with Crippen LogP contribution in [0, 0.1) is 5.82 Å². The van der Waals surface area contributed by atoms with Crippen LogP contribution in [0.5, 0.6) is 0 Å². The van der Waals surface area contributed by atoms with Crippen molar-refractivity contribution in [2.24, 2.45) is 0 Å². The van der Waals surface area contributed by atoms with Crippen molar-refractivity contribution in [2.75, 3.05) is 18.0 Å². The van der Waals surface area contributed by atoms with Crippen LogP contribution in [0.4, 0.5) is 10.1 Å². The maximum absolute atomic E-state index is 13.0. The number of benzene rings is 1. The second-order valence-electron chi connectivity index (χ2n) is 4.97. The van der Waals surface area contributed by atoms with Crippen molar-refractivity contribution in [3.63, 3.8) is 0 Å². The monoisotopic (exact) mass is 254 g/mol. The Morgan fingerprint density at radius 3 is 2.76 bits per heavy atom. The van der Waals surface area contributed by atoms with E-state index in [-0.39, 0.29) is 5.82 Å². The fourth-order valence-corrected chi connectivity index (χ4v) is 2.72. The van der Waals surface area contributed by atoms with Gasteiger partial charge in [-0.3, -0.25) is 0 Å². The highest BCUT2D eigenvalue weighted by Gasteiger charge is 2.29. The zero-order chi connectivity index (χ0) is 11.8. The van der Waals surface area contributed by atoms with Crippen molar-refractivity contribution >= 4 is 17.3 Å². The van der Waals surface area contributed by atoms with E-state index in [0.29, 0.717) is 11.1 Å². The summed E-state index contributed by atoms with van der Waals surface area (Å²) < 4.78 is 13.0. The first-order chi connectivity index (χ1) is 8.22. The molecule has 1 aromatic carbocycles. The van der Waals surface area contributed by atoms with Gasteiger partial charge in [-0.1, -0.05) is 11.6 Å². The molecule has 2 aliphatic rings. The molecule has 17 heavy (non-hydrogen) atoms. The summed E-state index contributed by atoms with van der Waals surface area (Å²) in [5.41, 5.74) is 0.952. The van der Waals surface area contributed by atoms with Gasteiger partial charge < -0.3 is 10.2 Å². The fourth-order valence-electron chi connectivity index (χ4n) is 2.44. The molecule has 2 nitrogen and oxygen atoms in total. The van der Waals surface area contributed by atoms with Crippen LogP contribution in [0.3, 0.4) is 0 Å². The lowest BCUT2D eigenvalue weighted by atomic mass is 10.2. The summed E-state index contributed by atoms with van der Waals surface area (Å²) in [6.07, 6.45) is 3.77. The smallest absolute Gasteiger partial charge is 0.124 e. The Balaban J connectivity index is 1.68. The van der Waals surface area contributed by atoms with Crippen molar-refractivity contribution in [1.29, 1.82) is 0 Å². The minimum absolute atomic E-state index is 0.273. The molecule has 1 aromatic rings. The summed E-state index contributed by atoms with van der Waals surface area (Å²) in [6, 6.07) is 5.94. The number of hydrogen-bond acceptors (Lipinski definition) is 2. The second kappa shape index (κ2) is 4.46. The van der Waals surface area contributed by atoms with Crippen molar-refractivity contribution < 1.29 is 4.39 Å². The normalized spacial score (nSPS) is 24.4. The lowest BCUT2D eigenvalue weighted by Crippen LogP contribution is -2.34. The summed E-state index contributed by atoms with van der Waals surface area (Å²) in [5.74, 6) is -0.273. The Bertz CT molecular complexity index is 420. The molecule has 1 N–H and O–H groups in total. The summed E-state index contributed by atoms with van der Waals surface area (Å²) in [6.45, 7) is 1.97. The van der Waals surface area contributed by atoms with E-state index < -0.39 is 0 Å². The topological polar surface area (TPSA) is 15.3 Å². The Morgan fingerprint density at radius 1 is 1.24 bits per heavy atom. The number of nitrogens with zero attached hydrogens (tertiary/aromatic N) is 1. The fraction of sp³-hybridized carbons (Fsp3) is 0.538. The summed E-state index contributed by atoms with van der Waals surface area (Å²) in [4.78, 5) is 2.24. The second-order valence-corrected chi connectivity index (χ2v) is 5.38. The predicted octanol–water partition coefficient (Wildman–Crippen LogP) is 2.81. The van der Waals surface area contributed by atoms with Crippen LogP contribution in [0.15, 0.2) is 18.2 Å². The van der Waals surface area contributed by atoms with Gasteiger partial charge >= 0.3 is 0 Å². The predicted molar refractivity (Wildman–Crippen MR) is 68.2 cm³/mol. The highest BCUT2D eigenvalue weighted by molar-refractivity contribution is 6.33. The van der Waals surface area contributed by atoms with E-state index in [0.717, 1.165) is 31.2 Å². The molecule has 0 amide bonds. The summed E-state index contributed by atoms with van der Waals surface area (Å²) in [7, 11) is 0. The first-order valence-electron chi connectivity index (χ1n) is 6.18. The quantitative estimate of drug-likeness (QED) is 0.892.